The second-order valence-corrected chi connectivity index (χ2v) is 7.55. The Morgan fingerprint density at radius 3 is 2.43 bits per heavy atom. The molecule has 2 heterocycles. The summed E-state index contributed by atoms with van der Waals surface area (Å²) in [5.74, 6) is 0. The number of aromatic nitrogens is 2. The van der Waals surface area contributed by atoms with Crippen molar-refractivity contribution >= 4 is 36.9 Å². The summed E-state index contributed by atoms with van der Waals surface area (Å²) in [5, 5.41) is 0.832. The highest BCUT2D eigenvalue weighted by atomic mass is 79.9. The Morgan fingerprint density at radius 1 is 1.10 bits per heavy atom. The normalized spacial score (nSPS) is 12.0. The zero-order valence-electron chi connectivity index (χ0n) is 11.5. The van der Waals surface area contributed by atoms with E-state index in [9.17, 15) is 8.42 Å². The molecule has 0 atom stereocenters. The SMILES string of the molecule is Cc1ccc(S(=O)(=O)n2ccc3c(Br)cnc(C)c32)cc1. The van der Waals surface area contributed by atoms with E-state index in [1.54, 1.807) is 49.6 Å². The number of aryl methyl sites for hydroxylation is 2. The summed E-state index contributed by atoms with van der Waals surface area (Å²) in [5.41, 5.74) is 2.30. The standard InChI is InChI=1S/C15H13BrN2O2S/c1-10-3-5-12(6-4-10)21(19,20)18-8-7-13-14(16)9-17-11(2)15(13)18/h3-9H,1-2H3. The first-order chi connectivity index (χ1) is 9.91. The van der Waals surface area contributed by atoms with Gasteiger partial charge in [-0.25, -0.2) is 12.4 Å². The van der Waals surface area contributed by atoms with Crippen molar-refractivity contribution in [1.29, 1.82) is 0 Å². The molecule has 0 saturated carbocycles. The molecule has 3 aromatic rings. The van der Waals surface area contributed by atoms with Crippen molar-refractivity contribution in [3.63, 3.8) is 0 Å². The maximum Gasteiger partial charge on any atom is 0.268 e. The number of hydrogen-bond donors (Lipinski definition) is 0. The number of hydrogen-bond acceptors (Lipinski definition) is 3. The highest BCUT2D eigenvalue weighted by molar-refractivity contribution is 9.10. The Kier molecular flexibility index (Phi) is 3.37. The minimum atomic E-state index is -3.62. The van der Waals surface area contributed by atoms with Crippen LogP contribution in [0.3, 0.4) is 0 Å². The molecule has 4 nitrogen and oxygen atoms in total. The molecule has 6 heteroatoms. The van der Waals surface area contributed by atoms with Crippen molar-refractivity contribution in [2.75, 3.05) is 0 Å². The molecule has 3 rings (SSSR count). The largest absolute Gasteiger partial charge is 0.268 e. The maximum absolute atomic E-state index is 12.8. The van der Waals surface area contributed by atoms with E-state index in [1.165, 1.54) is 3.97 Å². The summed E-state index contributed by atoms with van der Waals surface area (Å²) >= 11 is 3.41. The third kappa shape index (κ3) is 2.28. The van der Waals surface area contributed by atoms with Crippen LogP contribution in [0, 0.1) is 13.8 Å². The van der Waals surface area contributed by atoms with E-state index in [4.69, 9.17) is 0 Å². The molecule has 0 aliphatic heterocycles. The van der Waals surface area contributed by atoms with E-state index in [0.29, 0.717) is 11.2 Å². The minimum Gasteiger partial charge on any atom is -0.258 e. The van der Waals surface area contributed by atoms with Crippen molar-refractivity contribution in [3.8, 4) is 0 Å². The number of halogens is 1. The molecule has 0 bridgehead atoms. The lowest BCUT2D eigenvalue weighted by molar-refractivity contribution is 0.589. The second-order valence-electron chi connectivity index (χ2n) is 4.88. The number of rotatable bonds is 2. The van der Waals surface area contributed by atoms with Gasteiger partial charge in [0.15, 0.2) is 0 Å². The van der Waals surface area contributed by atoms with Crippen LogP contribution >= 0.6 is 15.9 Å². The van der Waals surface area contributed by atoms with Crippen LogP contribution in [0.5, 0.6) is 0 Å². The van der Waals surface area contributed by atoms with Gasteiger partial charge in [-0.2, -0.15) is 0 Å². The zero-order chi connectivity index (χ0) is 15.2. The third-order valence-corrected chi connectivity index (χ3v) is 5.72. The van der Waals surface area contributed by atoms with Gasteiger partial charge in [0.1, 0.15) is 0 Å². The summed E-state index contributed by atoms with van der Waals surface area (Å²) < 4.78 is 27.7. The van der Waals surface area contributed by atoms with Gasteiger partial charge in [0, 0.05) is 22.3 Å². The monoisotopic (exact) mass is 364 g/mol. The van der Waals surface area contributed by atoms with Gasteiger partial charge in [0.25, 0.3) is 10.0 Å². The van der Waals surface area contributed by atoms with Gasteiger partial charge < -0.3 is 0 Å². The number of fused-ring (bicyclic) bond motifs is 1. The molecular formula is C15H13BrN2O2S. The van der Waals surface area contributed by atoms with Gasteiger partial charge in [0.05, 0.1) is 16.1 Å². The fourth-order valence-corrected chi connectivity index (χ4v) is 4.09. The maximum atomic E-state index is 12.8. The predicted octanol–water partition coefficient (Wildman–Crippen LogP) is 3.65. The van der Waals surface area contributed by atoms with Crippen molar-refractivity contribution in [2.45, 2.75) is 18.7 Å². The molecule has 0 N–H and O–H groups in total. The Labute approximate surface area is 131 Å². The predicted molar refractivity (Wildman–Crippen MR) is 85.9 cm³/mol. The fourth-order valence-electron chi connectivity index (χ4n) is 2.27. The zero-order valence-corrected chi connectivity index (χ0v) is 13.9. The van der Waals surface area contributed by atoms with E-state index < -0.39 is 10.0 Å². The first-order valence-corrected chi connectivity index (χ1v) is 8.59. The molecular weight excluding hydrogens is 352 g/mol. The van der Waals surface area contributed by atoms with E-state index in [1.807, 2.05) is 6.92 Å². The summed E-state index contributed by atoms with van der Waals surface area (Å²) in [4.78, 5) is 4.50. The average molecular weight is 365 g/mol. The Hall–Kier alpha value is -1.66. The Balaban J connectivity index is 2.29. The van der Waals surface area contributed by atoms with Crippen LogP contribution in [0.4, 0.5) is 0 Å². The van der Waals surface area contributed by atoms with Gasteiger partial charge >= 0.3 is 0 Å². The first-order valence-electron chi connectivity index (χ1n) is 6.35. The minimum absolute atomic E-state index is 0.268. The van der Waals surface area contributed by atoms with E-state index >= 15 is 0 Å². The molecule has 0 aliphatic carbocycles. The number of nitrogens with zero attached hydrogens (tertiary/aromatic N) is 2. The molecule has 0 unspecified atom stereocenters. The van der Waals surface area contributed by atoms with E-state index in [2.05, 4.69) is 20.9 Å². The van der Waals surface area contributed by atoms with Crippen molar-refractivity contribution in [3.05, 3.63) is 58.5 Å². The van der Waals surface area contributed by atoms with Crippen LogP contribution in [-0.4, -0.2) is 17.4 Å². The third-order valence-electron chi connectivity index (χ3n) is 3.40. The lowest BCUT2D eigenvalue weighted by Crippen LogP contribution is -2.12. The van der Waals surface area contributed by atoms with Crippen molar-refractivity contribution in [2.24, 2.45) is 0 Å². The van der Waals surface area contributed by atoms with Crippen LogP contribution in [0.25, 0.3) is 10.9 Å². The molecule has 0 spiro atoms. The van der Waals surface area contributed by atoms with Gasteiger partial charge in [-0.3, -0.25) is 4.98 Å². The lowest BCUT2D eigenvalue weighted by Gasteiger charge is -2.09. The quantitative estimate of drug-likeness (QED) is 0.697. The molecule has 21 heavy (non-hydrogen) atoms. The highest BCUT2D eigenvalue weighted by Crippen LogP contribution is 2.29. The van der Waals surface area contributed by atoms with Gasteiger partial charge in [0.2, 0.25) is 0 Å². The summed E-state index contributed by atoms with van der Waals surface area (Å²) in [7, 11) is -3.62. The molecule has 108 valence electrons. The average Bonchev–Trinajstić information content (AvgIpc) is 2.90. The number of benzene rings is 1. The molecule has 2 aromatic heterocycles. The molecule has 0 saturated heterocycles. The summed E-state index contributed by atoms with van der Waals surface area (Å²) in [6, 6.07) is 8.60. The highest BCUT2D eigenvalue weighted by Gasteiger charge is 2.20. The number of pyridine rings is 1. The van der Waals surface area contributed by atoms with Crippen molar-refractivity contribution < 1.29 is 8.42 Å². The van der Waals surface area contributed by atoms with Crippen LogP contribution in [0.1, 0.15) is 11.3 Å². The second kappa shape index (κ2) is 4.96. The van der Waals surface area contributed by atoms with Gasteiger partial charge in [-0.05, 0) is 48.0 Å². The van der Waals surface area contributed by atoms with E-state index in [-0.39, 0.29) is 4.90 Å². The molecule has 1 aromatic carbocycles. The van der Waals surface area contributed by atoms with Crippen LogP contribution < -0.4 is 0 Å². The van der Waals surface area contributed by atoms with Crippen LogP contribution in [0.2, 0.25) is 0 Å². The topological polar surface area (TPSA) is 52.0 Å². The first kappa shape index (κ1) is 14.3. The molecule has 0 fully saturated rings. The van der Waals surface area contributed by atoms with Gasteiger partial charge in [-0.15, -0.1) is 0 Å². The van der Waals surface area contributed by atoms with Gasteiger partial charge in [-0.1, -0.05) is 17.7 Å². The smallest absolute Gasteiger partial charge is 0.258 e. The Morgan fingerprint density at radius 2 is 1.76 bits per heavy atom. The molecule has 0 aliphatic rings. The molecule has 0 radical (unpaired) electrons. The Bertz CT molecular complexity index is 928. The van der Waals surface area contributed by atoms with E-state index in [0.717, 1.165) is 15.4 Å². The summed E-state index contributed by atoms with van der Waals surface area (Å²) in [6.45, 7) is 3.72. The van der Waals surface area contributed by atoms with Crippen LogP contribution in [0.15, 0.2) is 52.1 Å². The van der Waals surface area contributed by atoms with Crippen molar-refractivity contribution in [1.82, 2.24) is 8.96 Å². The lowest BCUT2D eigenvalue weighted by atomic mass is 10.2. The molecule has 0 amide bonds. The fraction of sp³-hybridized carbons (Fsp3) is 0.133. The van der Waals surface area contributed by atoms with Crippen LogP contribution in [-0.2, 0) is 10.0 Å². The summed E-state index contributed by atoms with van der Waals surface area (Å²) in [6.07, 6.45) is 3.25.